The zero-order valence-electron chi connectivity index (χ0n) is 14.3. The van der Waals surface area contributed by atoms with Crippen LogP contribution >= 0.6 is 0 Å². The number of rotatable bonds is 3. The van der Waals surface area contributed by atoms with Crippen molar-refractivity contribution < 1.29 is 9.53 Å². The molecule has 25 heavy (non-hydrogen) atoms. The van der Waals surface area contributed by atoms with Gasteiger partial charge in [-0.3, -0.25) is 9.78 Å². The van der Waals surface area contributed by atoms with E-state index in [4.69, 9.17) is 4.74 Å². The van der Waals surface area contributed by atoms with Crippen molar-refractivity contribution in [3.05, 3.63) is 36.9 Å². The lowest BCUT2D eigenvalue weighted by molar-refractivity contribution is -0.126. The number of nitrogens with zero attached hydrogens (tertiary/aromatic N) is 5. The van der Waals surface area contributed by atoms with Crippen molar-refractivity contribution in [2.24, 2.45) is 5.41 Å². The highest BCUT2D eigenvalue weighted by molar-refractivity contribution is 6.00. The van der Waals surface area contributed by atoms with Crippen LogP contribution in [0.25, 0.3) is 0 Å². The zero-order chi connectivity index (χ0) is 17.3. The van der Waals surface area contributed by atoms with E-state index < -0.39 is 0 Å². The normalized spacial score (nSPS) is 23.3. The minimum Gasteiger partial charge on any atom is -0.481 e. The molecule has 0 aromatic carbocycles. The number of amides is 1. The quantitative estimate of drug-likeness (QED) is 0.851. The molecule has 4 rings (SSSR count). The molecule has 1 spiro atoms. The van der Waals surface area contributed by atoms with E-state index >= 15 is 0 Å². The molecule has 0 saturated carbocycles. The van der Waals surface area contributed by atoms with Crippen LogP contribution in [0.2, 0.25) is 0 Å². The molecule has 0 N–H and O–H groups in total. The fraction of sp³-hybridized carbons (Fsp3) is 0.444. The first-order valence-electron chi connectivity index (χ1n) is 8.55. The Labute approximate surface area is 146 Å². The number of hydrogen-bond donors (Lipinski definition) is 0. The molecule has 2 aromatic rings. The van der Waals surface area contributed by atoms with Gasteiger partial charge in [0, 0.05) is 31.9 Å². The highest BCUT2D eigenvalue weighted by Gasteiger charge is 2.49. The number of hydrogen-bond acceptors (Lipinski definition) is 6. The molecule has 2 aliphatic heterocycles. The third-order valence-corrected chi connectivity index (χ3v) is 5.21. The number of anilines is 2. The topological polar surface area (TPSA) is 71.5 Å². The predicted molar refractivity (Wildman–Crippen MR) is 93.7 cm³/mol. The summed E-state index contributed by atoms with van der Waals surface area (Å²) in [6, 6.07) is 5.64. The number of ether oxygens (including phenoxy) is 1. The fourth-order valence-corrected chi connectivity index (χ4v) is 3.90. The molecule has 0 radical (unpaired) electrons. The molecule has 2 aromatic heterocycles. The van der Waals surface area contributed by atoms with Gasteiger partial charge in [0.2, 0.25) is 11.8 Å². The van der Waals surface area contributed by atoms with Crippen LogP contribution in [0.15, 0.2) is 36.9 Å². The third kappa shape index (κ3) is 2.79. The van der Waals surface area contributed by atoms with Gasteiger partial charge in [-0.05, 0) is 31.4 Å². The van der Waals surface area contributed by atoms with Gasteiger partial charge in [0.1, 0.15) is 12.1 Å². The van der Waals surface area contributed by atoms with Gasteiger partial charge >= 0.3 is 0 Å². The van der Waals surface area contributed by atoms with Crippen molar-refractivity contribution in [1.29, 1.82) is 0 Å². The fourth-order valence-electron chi connectivity index (χ4n) is 3.90. The summed E-state index contributed by atoms with van der Waals surface area (Å²) >= 11 is 0. The first kappa shape index (κ1) is 15.8. The lowest BCUT2D eigenvalue weighted by Gasteiger charge is -2.39. The monoisotopic (exact) mass is 339 g/mol. The summed E-state index contributed by atoms with van der Waals surface area (Å²) in [5.41, 5.74) is 0.539. The van der Waals surface area contributed by atoms with Crippen molar-refractivity contribution in [2.75, 3.05) is 36.5 Å². The molecular formula is C18H21N5O2. The number of carbonyl (C=O) groups excluding carboxylic acids is 1. The van der Waals surface area contributed by atoms with Crippen LogP contribution < -0.4 is 14.5 Å². The van der Waals surface area contributed by atoms with Gasteiger partial charge in [0.15, 0.2) is 0 Å². The average molecular weight is 339 g/mol. The minimum absolute atomic E-state index is 0.200. The largest absolute Gasteiger partial charge is 0.481 e. The summed E-state index contributed by atoms with van der Waals surface area (Å²) in [5, 5.41) is 0. The van der Waals surface area contributed by atoms with Crippen LogP contribution in [-0.4, -0.2) is 47.6 Å². The average Bonchev–Trinajstić information content (AvgIpc) is 2.98. The summed E-state index contributed by atoms with van der Waals surface area (Å²) in [4.78, 5) is 29.8. The Morgan fingerprint density at radius 2 is 2.16 bits per heavy atom. The Balaban J connectivity index is 1.57. The van der Waals surface area contributed by atoms with Crippen molar-refractivity contribution in [3.8, 4) is 5.88 Å². The molecule has 4 heterocycles. The van der Waals surface area contributed by atoms with E-state index in [0.29, 0.717) is 12.4 Å². The Hall–Kier alpha value is -2.70. The highest BCUT2D eigenvalue weighted by Crippen LogP contribution is 2.42. The predicted octanol–water partition coefficient (Wildman–Crippen LogP) is 1.90. The van der Waals surface area contributed by atoms with Gasteiger partial charge in [-0.1, -0.05) is 0 Å². The van der Waals surface area contributed by atoms with Crippen LogP contribution in [-0.2, 0) is 4.79 Å². The number of piperidine rings is 1. The Morgan fingerprint density at radius 1 is 1.24 bits per heavy atom. The molecule has 0 aliphatic carbocycles. The first-order valence-corrected chi connectivity index (χ1v) is 8.55. The van der Waals surface area contributed by atoms with Crippen molar-refractivity contribution in [2.45, 2.75) is 19.3 Å². The van der Waals surface area contributed by atoms with Crippen molar-refractivity contribution in [1.82, 2.24) is 15.0 Å². The van der Waals surface area contributed by atoms with E-state index in [0.717, 1.165) is 43.9 Å². The Morgan fingerprint density at radius 3 is 2.96 bits per heavy atom. The molecule has 2 aliphatic rings. The molecule has 1 atom stereocenters. The van der Waals surface area contributed by atoms with Crippen LogP contribution in [0.1, 0.15) is 19.3 Å². The number of aromatic nitrogens is 3. The molecule has 0 unspecified atom stereocenters. The molecule has 130 valence electrons. The summed E-state index contributed by atoms with van der Waals surface area (Å²) in [7, 11) is 1.59. The summed E-state index contributed by atoms with van der Waals surface area (Å²) < 4.78 is 5.20. The van der Waals surface area contributed by atoms with Crippen LogP contribution in [0.5, 0.6) is 5.88 Å². The van der Waals surface area contributed by atoms with Gasteiger partial charge in [-0.15, -0.1) is 0 Å². The summed E-state index contributed by atoms with van der Waals surface area (Å²) in [6.07, 6.45) is 7.74. The second-order valence-corrected chi connectivity index (χ2v) is 6.64. The lowest BCUT2D eigenvalue weighted by Crippen LogP contribution is -2.48. The molecule has 7 heteroatoms. The van der Waals surface area contributed by atoms with Gasteiger partial charge in [0.05, 0.1) is 24.4 Å². The van der Waals surface area contributed by atoms with Crippen molar-refractivity contribution >= 4 is 17.4 Å². The number of pyridine rings is 1. The maximum Gasteiger partial charge on any atom is 0.235 e. The van der Waals surface area contributed by atoms with E-state index in [2.05, 4.69) is 19.9 Å². The molecule has 2 saturated heterocycles. The van der Waals surface area contributed by atoms with Gasteiger partial charge in [-0.2, -0.15) is 0 Å². The maximum absolute atomic E-state index is 13.2. The second kappa shape index (κ2) is 6.31. The highest BCUT2D eigenvalue weighted by atomic mass is 16.5. The van der Waals surface area contributed by atoms with E-state index in [1.54, 1.807) is 19.5 Å². The summed E-state index contributed by atoms with van der Waals surface area (Å²) in [5.74, 6) is 1.56. The van der Waals surface area contributed by atoms with Crippen molar-refractivity contribution in [3.63, 3.8) is 0 Å². The third-order valence-electron chi connectivity index (χ3n) is 5.21. The van der Waals surface area contributed by atoms with Gasteiger partial charge < -0.3 is 14.5 Å². The molecule has 1 amide bonds. The maximum atomic E-state index is 13.2. The first-order chi connectivity index (χ1) is 12.2. The summed E-state index contributed by atoms with van der Waals surface area (Å²) in [6.45, 7) is 2.32. The zero-order valence-corrected chi connectivity index (χ0v) is 14.3. The van der Waals surface area contributed by atoms with E-state index in [1.165, 1.54) is 6.33 Å². The standard InChI is InChI=1S/C18H21N5O2/c1-25-16-10-15(20-13-21-16)22-8-3-5-18(12-22)6-9-23(17(18)24)14-4-2-7-19-11-14/h2,4,7,10-11,13H,3,5-6,8-9,12H2,1H3/t18-/m0/s1. The van der Waals surface area contributed by atoms with Crippen LogP contribution in [0.4, 0.5) is 11.5 Å². The molecule has 0 bridgehead atoms. The lowest BCUT2D eigenvalue weighted by atomic mass is 9.78. The second-order valence-electron chi connectivity index (χ2n) is 6.64. The van der Waals surface area contributed by atoms with Crippen LogP contribution in [0.3, 0.4) is 0 Å². The molecule has 2 fully saturated rings. The van der Waals surface area contributed by atoms with Gasteiger partial charge in [0.25, 0.3) is 0 Å². The Kier molecular flexibility index (Phi) is 3.99. The van der Waals surface area contributed by atoms with E-state index in [-0.39, 0.29) is 11.3 Å². The molecular weight excluding hydrogens is 318 g/mol. The van der Waals surface area contributed by atoms with E-state index in [1.807, 2.05) is 23.1 Å². The molecule has 7 nitrogen and oxygen atoms in total. The smallest absolute Gasteiger partial charge is 0.235 e. The number of carbonyl (C=O) groups is 1. The minimum atomic E-state index is -0.341. The Bertz CT molecular complexity index is 769. The number of methoxy groups -OCH3 is 1. The van der Waals surface area contributed by atoms with E-state index in [9.17, 15) is 4.79 Å². The van der Waals surface area contributed by atoms with Gasteiger partial charge in [-0.25, -0.2) is 9.97 Å². The van der Waals surface area contributed by atoms with Crippen LogP contribution in [0, 0.1) is 5.41 Å². The SMILES string of the molecule is COc1cc(N2CCC[C@]3(CCN(c4cccnc4)C3=O)C2)ncn1.